The van der Waals surface area contributed by atoms with Crippen LogP contribution in [0.5, 0.6) is 11.5 Å². The van der Waals surface area contributed by atoms with E-state index in [9.17, 15) is 24.3 Å². The van der Waals surface area contributed by atoms with Crippen molar-refractivity contribution in [3.8, 4) is 11.5 Å². The fourth-order valence-corrected chi connectivity index (χ4v) is 14.2. The minimum absolute atomic E-state index is 0.00371. The summed E-state index contributed by atoms with van der Waals surface area (Å²) in [6, 6.07) is 8.11. The molecule has 13 rings (SSSR count). The van der Waals surface area contributed by atoms with Gasteiger partial charge in [0.2, 0.25) is 23.7 Å². The predicted octanol–water partition coefficient (Wildman–Crippen LogP) is 8.09. The number of carboxylic acid groups (broad SMARTS) is 1. The van der Waals surface area contributed by atoms with Crippen molar-refractivity contribution in [2.45, 2.75) is 166 Å². The Kier molecular flexibility index (Phi) is 15.5. The van der Waals surface area contributed by atoms with E-state index >= 15 is 0 Å². The van der Waals surface area contributed by atoms with Crippen LogP contribution in [-0.2, 0) is 22.4 Å². The molecule has 5 aliphatic heterocycles. The summed E-state index contributed by atoms with van der Waals surface area (Å²) < 4.78 is 11.8. The molecular weight excluding hydrogens is 1010 g/mol. The van der Waals surface area contributed by atoms with Gasteiger partial charge in [-0.3, -0.25) is 19.3 Å². The summed E-state index contributed by atoms with van der Waals surface area (Å²) in [6.07, 6.45) is 22.3. The van der Waals surface area contributed by atoms with E-state index in [0.29, 0.717) is 96.5 Å². The molecule has 2 aromatic heterocycles. The molecule has 1 saturated heterocycles. The number of fused-ring (bicyclic) bond motifs is 4. The predicted molar refractivity (Wildman–Crippen MR) is 308 cm³/mol. The molecule has 9 aliphatic rings. The number of nitrogens with zero attached hydrogens (tertiary/aromatic N) is 10. The topological polar surface area (TPSA) is 214 Å². The van der Waals surface area contributed by atoms with E-state index < -0.39 is 5.97 Å². The molecule has 7 heterocycles. The third-order valence-corrected chi connectivity index (χ3v) is 18.7. The van der Waals surface area contributed by atoms with E-state index in [1.165, 1.54) is 58.4 Å². The summed E-state index contributed by atoms with van der Waals surface area (Å²) in [5.41, 5.74) is 5.44. The number of aromatic carboxylic acids is 1. The van der Waals surface area contributed by atoms with Crippen molar-refractivity contribution in [3.63, 3.8) is 0 Å². The molecule has 4 aliphatic carbocycles. The number of likely N-dealkylation sites (N-methyl/N-ethyl adjacent to an activating group) is 2. The van der Waals surface area contributed by atoms with Crippen LogP contribution in [0.2, 0.25) is 0 Å². The zero-order valence-corrected chi connectivity index (χ0v) is 47.1. The number of carboxylic acids is 1. The Balaban J connectivity index is 0.000000173. The molecular formula is C60H79N13O7. The van der Waals surface area contributed by atoms with E-state index in [2.05, 4.69) is 52.4 Å². The first-order chi connectivity index (χ1) is 39.0. The fraction of sp³-hybridized carbons (Fsp3) is 0.600. The summed E-state index contributed by atoms with van der Waals surface area (Å²) in [7, 11) is 3.59. The molecule has 80 heavy (non-hydrogen) atoms. The molecule has 20 heteroatoms. The highest BCUT2D eigenvalue weighted by Gasteiger charge is 2.43. The van der Waals surface area contributed by atoms with Gasteiger partial charge < -0.3 is 55.0 Å². The molecule has 0 radical (unpaired) electrons. The zero-order chi connectivity index (χ0) is 55.2. The van der Waals surface area contributed by atoms with Crippen molar-refractivity contribution < 1.29 is 33.8 Å². The van der Waals surface area contributed by atoms with Crippen LogP contribution in [0.4, 0.5) is 46.3 Å². The molecule has 4 saturated carbocycles. The summed E-state index contributed by atoms with van der Waals surface area (Å²) in [6.45, 7) is 11.2. The van der Waals surface area contributed by atoms with Crippen molar-refractivity contribution in [3.05, 3.63) is 58.9 Å². The molecule has 2 aromatic carbocycles. The van der Waals surface area contributed by atoms with Gasteiger partial charge in [-0.25, -0.2) is 14.8 Å². The molecule has 426 valence electrons. The number of hydrogen-bond donors (Lipinski definition) is 4. The highest BCUT2D eigenvalue weighted by molar-refractivity contribution is 6.05. The van der Waals surface area contributed by atoms with Gasteiger partial charge in [-0.15, -0.1) is 0 Å². The zero-order valence-electron chi connectivity index (χ0n) is 47.1. The second-order valence-electron chi connectivity index (χ2n) is 23.6. The van der Waals surface area contributed by atoms with Gasteiger partial charge in [0.15, 0.2) is 11.6 Å². The Morgan fingerprint density at radius 1 is 0.625 bits per heavy atom. The van der Waals surface area contributed by atoms with Crippen LogP contribution < -0.4 is 45.0 Å². The van der Waals surface area contributed by atoms with Crippen molar-refractivity contribution in [2.75, 3.05) is 90.3 Å². The number of nitrogens with one attached hydrogen (secondary N) is 3. The highest BCUT2D eigenvalue weighted by atomic mass is 16.5. The van der Waals surface area contributed by atoms with Gasteiger partial charge in [-0.1, -0.05) is 39.5 Å². The Morgan fingerprint density at radius 3 is 1.59 bits per heavy atom. The molecule has 4 aromatic rings. The van der Waals surface area contributed by atoms with Crippen LogP contribution >= 0.6 is 0 Å². The van der Waals surface area contributed by atoms with Crippen molar-refractivity contribution in [1.29, 1.82) is 0 Å². The second kappa shape index (κ2) is 23.0. The maximum absolute atomic E-state index is 13.6. The lowest BCUT2D eigenvalue weighted by atomic mass is 9.89. The molecule has 3 amide bonds. The summed E-state index contributed by atoms with van der Waals surface area (Å²) in [4.78, 5) is 83.6. The van der Waals surface area contributed by atoms with E-state index in [-0.39, 0.29) is 41.4 Å². The number of anilines is 8. The first-order valence-corrected chi connectivity index (χ1v) is 29.9. The molecule has 0 spiro atoms. The lowest BCUT2D eigenvalue weighted by molar-refractivity contribution is -0.120. The van der Waals surface area contributed by atoms with E-state index in [1.807, 2.05) is 26.1 Å². The maximum atomic E-state index is 13.6. The van der Waals surface area contributed by atoms with E-state index in [4.69, 9.17) is 19.4 Å². The van der Waals surface area contributed by atoms with Gasteiger partial charge in [0.25, 0.3) is 5.91 Å². The summed E-state index contributed by atoms with van der Waals surface area (Å²) >= 11 is 0. The number of rotatable bonds is 14. The van der Waals surface area contributed by atoms with Crippen LogP contribution in [0.15, 0.2) is 36.7 Å². The summed E-state index contributed by atoms with van der Waals surface area (Å²) in [5.74, 6) is 3.86. The van der Waals surface area contributed by atoms with Crippen molar-refractivity contribution in [1.82, 2.24) is 35.1 Å². The van der Waals surface area contributed by atoms with Gasteiger partial charge in [0.05, 0.1) is 42.5 Å². The van der Waals surface area contributed by atoms with Crippen LogP contribution in [0.1, 0.15) is 148 Å². The van der Waals surface area contributed by atoms with Crippen LogP contribution in [0.25, 0.3) is 0 Å². The van der Waals surface area contributed by atoms with E-state index in [0.717, 1.165) is 105 Å². The number of carbonyl (C=O) groups is 4. The minimum atomic E-state index is -0.964. The van der Waals surface area contributed by atoms with Gasteiger partial charge in [0, 0.05) is 101 Å². The average Bonchev–Trinajstić information content (AvgIpc) is 4.13. The van der Waals surface area contributed by atoms with E-state index in [1.54, 1.807) is 41.4 Å². The van der Waals surface area contributed by atoms with Gasteiger partial charge >= 0.3 is 5.97 Å². The first-order valence-electron chi connectivity index (χ1n) is 29.9. The largest absolute Gasteiger partial charge is 0.491 e. The first kappa shape index (κ1) is 53.8. The molecule has 2 atom stereocenters. The quantitative estimate of drug-likeness (QED) is 0.0939. The molecule has 0 bridgehead atoms. The monoisotopic (exact) mass is 1090 g/mol. The molecule has 4 N–H and O–H groups in total. The maximum Gasteiger partial charge on any atom is 0.336 e. The third kappa shape index (κ3) is 10.6. The van der Waals surface area contributed by atoms with Crippen LogP contribution in [-0.4, -0.2) is 155 Å². The Bertz CT molecular complexity index is 2980. The Hall–Kier alpha value is -6.80. The van der Waals surface area contributed by atoms with Crippen molar-refractivity contribution >= 4 is 70.0 Å². The number of carbonyl (C=O) groups excluding carboxylic acids is 3. The number of ether oxygens (including phenoxy) is 2. The highest BCUT2D eigenvalue weighted by Crippen LogP contribution is 2.44. The Morgan fingerprint density at radius 2 is 1.11 bits per heavy atom. The average molecular weight is 1090 g/mol. The standard InChI is InChI=1S/C37H52N8O3.C23H27N5O4/c1-3-31-36(47)42(2)32-22-38-37(41-34(32)45(31)27-6-4-5-7-27)40-30-15-14-29(28-16-21-48-33(28)30)35(46)39-25-10-12-26(13-11-25)44-19-17-43(18-20-44)23-24-8-9-24;1-3-17-21(29)27(2)18-12-24-23(26-20(18)28(17)13-6-4-5-7-13)25-16-9-8-15(22(30)31)14-10-11-32-19(14)16/h14-15,22,24-27,31H,3-13,16-21,23H2,1-2H3,(H,39,46)(H,38,40,41);8-9,12-13,17H,3-7,10-11H2,1-2H3,(H,30,31)(H,24,25,26)/t25?,26?,31-;17-/m11/s1. The molecule has 5 fully saturated rings. The van der Waals surface area contributed by atoms with Gasteiger partial charge in [0.1, 0.15) is 35.0 Å². The number of piperazine rings is 1. The number of amides is 3. The Labute approximate surface area is 469 Å². The number of aromatic nitrogens is 4. The molecule has 20 nitrogen and oxygen atoms in total. The van der Waals surface area contributed by atoms with Crippen LogP contribution in [0.3, 0.4) is 0 Å². The lowest BCUT2D eigenvalue weighted by Crippen LogP contribution is -2.55. The fourth-order valence-electron chi connectivity index (χ4n) is 14.2. The van der Waals surface area contributed by atoms with Gasteiger partial charge in [-0.2, -0.15) is 9.97 Å². The smallest absolute Gasteiger partial charge is 0.336 e. The van der Waals surface area contributed by atoms with Crippen LogP contribution in [0, 0.1) is 5.92 Å². The third-order valence-electron chi connectivity index (χ3n) is 18.7. The number of hydrogen-bond acceptors (Lipinski definition) is 16. The number of benzene rings is 2. The minimum Gasteiger partial charge on any atom is -0.491 e. The summed E-state index contributed by atoms with van der Waals surface area (Å²) in [5, 5.41) is 19.4. The normalized spacial score (nSPS) is 24.1. The van der Waals surface area contributed by atoms with Gasteiger partial charge in [-0.05, 0) is 107 Å². The molecule has 0 unspecified atom stereocenters. The van der Waals surface area contributed by atoms with Crippen molar-refractivity contribution in [2.24, 2.45) is 5.92 Å². The second-order valence-corrected chi connectivity index (χ2v) is 23.6. The SMILES string of the molecule is CC[C@@H]1C(=O)N(C)c2cnc(Nc3ccc(C(=O)NC4CCC(N5CCN(CC6CC6)CC5)CC4)c4c3OCC4)nc2N1C1CCCC1.CC[C@@H]1C(=O)N(C)c2cnc(Nc3ccc(C(=O)O)c4c3OCC4)nc2N1C1CCCC1. The lowest BCUT2D eigenvalue weighted by Gasteiger charge is -2.43.